The summed E-state index contributed by atoms with van der Waals surface area (Å²) in [5, 5.41) is 3.29. The monoisotopic (exact) mass is 215 g/mol. The zero-order valence-electron chi connectivity index (χ0n) is 9.86. The minimum absolute atomic E-state index is 0.907. The molecule has 0 aliphatic carbocycles. The van der Waals surface area contributed by atoms with Crippen LogP contribution in [0.25, 0.3) is 0 Å². The Hall–Kier alpha value is -1.50. The Balaban J connectivity index is 2.02. The molecule has 1 heteroatoms. The molecule has 0 spiro atoms. The van der Waals surface area contributed by atoms with Gasteiger partial charge in [-0.2, -0.15) is 0 Å². The fourth-order valence-corrected chi connectivity index (χ4v) is 1.49. The Bertz CT molecular complexity index is 300. The Morgan fingerprint density at radius 1 is 1.06 bits per heavy atom. The molecule has 1 N–H and O–H groups in total. The van der Waals surface area contributed by atoms with Crippen LogP contribution in [-0.2, 0) is 6.54 Å². The fraction of sp³-hybridized carbons (Fsp3) is 0.333. The van der Waals surface area contributed by atoms with Gasteiger partial charge in [0.2, 0.25) is 0 Å². The molecule has 0 heterocycles. The number of benzene rings is 1. The third-order valence-corrected chi connectivity index (χ3v) is 2.41. The number of nitrogens with one attached hydrogen (secondary N) is 1. The molecular formula is C15H21N. The summed E-state index contributed by atoms with van der Waals surface area (Å²) in [5.74, 6) is 0. The molecule has 0 bridgehead atoms. The third kappa shape index (κ3) is 6.07. The molecule has 0 aromatic heterocycles. The van der Waals surface area contributed by atoms with Gasteiger partial charge in [-0.1, -0.05) is 42.5 Å². The molecule has 16 heavy (non-hydrogen) atoms. The van der Waals surface area contributed by atoms with E-state index in [2.05, 4.69) is 48.4 Å². The lowest BCUT2D eigenvalue weighted by Crippen LogP contribution is -2.03. The predicted octanol–water partition coefficient (Wildman–Crippen LogP) is 4.04. The van der Waals surface area contributed by atoms with Crippen molar-refractivity contribution in [2.75, 3.05) is 0 Å². The second kappa shape index (κ2) is 8.78. The summed E-state index contributed by atoms with van der Waals surface area (Å²) in [7, 11) is 0. The second-order valence-electron chi connectivity index (χ2n) is 3.84. The van der Waals surface area contributed by atoms with Gasteiger partial charge in [-0.25, -0.2) is 0 Å². The highest BCUT2D eigenvalue weighted by molar-refractivity contribution is 5.14. The zero-order chi connectivity index (χ0) is 11.5. The van der Waals surface area contributed by atoms with Gasteiger partial charge >= 0.3 is 0 Å². The summed E-state index contributed by atoms with van der Waals surface area (Å²) >= 11 is 0. The van der Waals surface area contributed by atoms with Crippen LogP contribution in [0.3, 0.4) is 0 Å². The molecule has 0 radical (unpaired) electrons. The second-order valence-corrected chi connectivity index (χ2v) is 3.84. The summed E-state index contributed by atoms with van der Waals surface area (Å²) in [6.45, 7) is 4.62. The maximum atomic E-state index is 3.71. The van der Waals surface area contributed by atoms with Crippen molar-refractivity contribution in [2.45, 2.75) is 32.2 Å². The van der Waals surface area contributed by atoms with Crippen LogP contribution >= 0.6 is 0 Å². The van der Waals surface area contributed by atoms with Crippen LogP contribution in [0.15, 0.2) is 55.3 Å². The molecular weight excluding hydrogens is 194 g/mol. The van der Waals surface area contributed by atoms with Gasteiger partial charge in [-0.3, -0.25) is 0 Å². The average molecular weight is 215 g/mol. The van der Waals surface area contributed by atoms with Crippen LogP contribution in [-0.4, -0.2) is 0 Å². The van der Waals surface area contributed by atoms with E-state index in [-0.39, 0.29) is 0 Å². The highest BCUT2D eigenvalue weighted by Gasteiger charge is 1.86. The van der Waals surface area contributed by atoms with Crippen LogP contribution in [0, 0.1) is 0 Å². The van der Waals surface area contributed by atoms with Gasteiger partial charge in [0.1, 0.15) is 0 Å². The van der Waals surface area contributed by atoms with Gasteiger partial charge in [0.05, 0.1) is 0 Å². The molecule has 0 saturated carbocycles. The summed E-state index contributed by atoms with van der Waals surface area (Å²) in [6, 6.07) is 10.4. The molecule has 0 aliphatic rings. The van der Waals surface area contributed by atoms with E-state index < -0.39 is 0 Å². The quantitative estimate of drug-likeness (QED) is 0.510. The largest absolute Gasteiger partial charge is 0.387 e. The molecule has 0 saturated heterocycles. The van der Waals surface area contributed by atoms with Crippen LogP contribution in [0.2, 0.25) is 0 Å². The first-order chi connectivity index (χ1) is 7.93. The molecule has 1 nitrogen and oxygen atoms in total. The lowest BCUT2D eigenvalue weighted by atomic mass is 10.2. The highest BCUT2D eigenvalue weighted by Crippen LogP contribution is 2.01. The van der Waals surface area contributed by atoms with Gasteiger partial charge in [0.15, 0.2) is 0 Å². The first kappa shape index (κ1) is 12.6. The fourth-order valence-electron chi connectivity index (χ4n) is 1.49. The Morgan fingerprint density at radius 2 is 1.81 bits per heavy atom. The zero-order valence-corrected chi connectivity index (χ0v) is 9.86. The van der Waals surface area contributed by atoms with Gasteiger partial charge in [-0.05, 0) is 37.4 Å². The molecule has 1 aromatic rings. The standard InChI is InChI=1S/C15H21N/c1-2-3-4-5-6-10-13-16-14-15-11-8-7-9-12-15/h2,7-13,16H,1,3-6,14H2. The number of rotatable bonds is 8. The topological polar surface area (TPSA) is 12.0 Å². The molecule has 0 aliphatic heterocycles. The van der Waals surface area contributed by atoms with E-state index >= 15 is 0 Å². The Kier molecular flexibility index (Phi) is 6.90. The average Bonchev–Trinajstić information content (AvgIpc) is 2.34. The van der Waals surface area contributed by atoms with E-state index in [1.165, 1.54) is 18.4 Å². The molecule has 86 valence electrons. The van der Waals surface area contributed by atoms with Gasteiger partial charge in [-0.15, -0.1) is 6.58 Å². The predicted molar refractivity (Wildman–Crippen MR) is 71.1 cm³/mol. The van der Waals surface area contributed by atoms with Crippen LogP contribution in [0.4, 0.5) is 0 Å². The maximum Gasteiger partial charge on any atom is 0.0395 e. The molecule has 0 atom stereocenters. The first-order valence-electron chi connectivity index (χ1n) is 5.96. The van der Waals surface area contributed by atoms with Crippen LogP contribution in [0.1, 0.15) is 31.2 Å². The summed E-state index contributed by atoms with van der Waals surface area (Å²) < 4.78 is 0. The lowest BCUT2D eigenvalue weighted by molar-refractivity contribution is 0.757. The van der Waals surface area contributed by atoms with Crippen molar-refractivity contribution in [3.8, 4) is 0 Å². The minimum atomic E-state index is 0.907. The summed E-state index contributed by atoms with van der Waals surface area (Å²) in [6.07, 6.45) is 11.0. The highest BCUT2D eigenvalue weighted by atomic mass is 14.8. The van der Waals surface area contributed by atoms with Gasteiger partial charge in [0.25, 0.3) is 0 Å². The van der Waals surface area contributed by atoms with E-state index in [4.69, 9.17) is 0 Å². The summed E-state index contributed by atoms with van der Waals surface area (Å²) in [5.41, 5.74) is 1.32. The van der Waals surface area contributed by atoms with Crippen LogP contribution < -0.4 is 5.32 Å². The number of allylic oxidation sites excluding steroid dienone is 2. The van der Waals surface area contributed by atoms with E-state index in [1.807, 2.05) is 12.1 Å². The smallest absolute Gasteiger partial charge is 0.0395 e. The van der Waals surface area contributed by atoms with Gasteiger partial charge < -0.3 is 5.32 Å². The molecule has 1 aromatic carbocycles. The number of unbranched alkanes of at least 4 members (excludes halogenated alkanes) is 3. The molecule has 1 rings (SSSR count). The van der Waals surface area contributed by atoms with Crippen molar-refractivity contribution in [1.29, 1.82) is 0 Å². The van der Waals surface area contributed by atoms with Crippen LogP contribution in [0.5, 0.6) is 0 Å². The van der Waals surface area contributed by atoms with Crippen molar-refractivity contribution in [1.82, 2.24) is 5.32 Å². The van der Waals surface area contributed by atoms with E-state index in [0.29, 0.717) is 0 Å². The van der Waals surface area contributed by atoms with Crippen molar-refractivity contribution < 1.29 is 0 Å². The third-order valence-electron chi connectivity index (χ3n) is 2.41. The van der Waals surface area contributed by atoms with Crippen molar-refractivity contribution in [2.24, 2.45) is 0 Å². The molecule has 0 unspecified atom stereocenters. The maximum absolute atomic E-state index is 3.71. The molecule has 0 amide bonds. The van der Waals surface area contributed by atoms with Crippen molar-refractivity contribution in [3.05, 3.63) is 60.8 Å². The number of hydrogen-bond donors (Lipinski definition) is 1. The Morgan fingerprint density at radius 3 is 2.56 bits per heavy atom. The van der Waals surface area contributed by atoms with Crippen molar-refractivity contribution in [3.63, 3.8) is 0 Å². The number of hydrogen-bond acceptors (Lipinski definition) is 1. The van der Waals surface area contributed by atoms with Crippen molar-refractivity contribution >= 4 is 0 Å². The molecule has 0 fully saturated rings. The van der Waals surface area contributed by atoms with E-state index in [0.717, 1.165) is 19.4 Å². The normalized spacial score (nSPS) is 10.5. The van der Waals surface area contributed by atoms with E-state index in [9.17, 15) is 0 Å². The Labute approximate surface area is 98.9 Å². The lowest BCUT2D eigenvalue weighted by Gasteiger charge is -2.00. The summed E-state index contributed by atoms with van der Waals surface area (Å²) in [4.78, 5) is 0. The minimum Gasteiger partial charge on any atom is -0.387 e. The van der Waals surface area contributed by atoms with Gasteiger partial charge in [0, 0.05) is 6.54 Å². The first-order valence-corrected chi connectivity index (χ1v) is 5.96. The van der Waals surface area contributed by atoms with E-state index in [1.54, 1.807) is 0 Å². The SMILES string of the molecule is C=CCCCCC=CNCc1ccccc1.